The molecule has 216 valence electrons. The summed E-state index contributed by atoms with van der Waals surface area (Å²) in [4.78, 5) is 41.0. The minimum atomic E-state index is -5.08. The quantitative estimate of drug-likeness (QED) is 0.564. The fourth-order valence-electron chi connectivity index (χ4n) is 6.02. The minimum absolute atomic E-state index is 0.0162. The Morgan fingerprint density at radius 2 is 1.55 bits per heavy atom. The molecule has 11 heteroatoms. The number of aliphatic carboxylic acids is 1. The average Bonchev–Trinajstić information content (AvgIpc) is 3.21. The summed E-state index contributed by atoms with van der Waals surface area (Å²) in [5, 5.41) is 7.12. The van der Waals surface area contributed by atoms with Crippen LogP contribution in [0.3, 0.4) is 0 Å². The van der Waals surface area contributed by atoms with Gasteiger partial charge in [0.2, 0.25) is 5.91 Å². The number of piperidine rings is 1. The van der Waals surface area contributed by atoms with Crippen LogP contribution in [0.15, 0.2) is 48.5 Å². The number of likely N-dealkylation sites (N-methyl/N-ethyl adjacent to an activating group) is 1. The molecule has 2 aliphatic heterocycles. The molecule has 3 aliphatic rings. The standard InChI is InChI=1S/C27H32FN3O2.C2HF3O2/c1-29-13-15-30(16-14-29)25(32)18-21-19-27(24-8-3-2-7-23(21)24)9-11-31(12-10-27)26(33)20-5-4-6-22(28)17-20;3-2(4,5)1(6)7/h2-8,17,21H,9-16,18-19H2,1H3;(H,6,7). The van der Waals surface area contributed by atoms with Crippen LogP contribution in [-0.2, 0) is 15.0 Å². The number of likely N-dealkylation sites (tertiary alicyclic amines) is 1. The highest BCUT2D eigenvalue weighted by Gasteiger charge is 2.46. The number of carbonyl (C=O) groups excluding carboxylic acids is 2. The van der Waals surface area contributed by atoms with E-state index in [0.29, 0.717) is 25.1 Å². The second kappa shape index (κ2) is 12.0. The van der Waals surface area contributed by atoms with Crippen molar-refractivity contribution in [3.8, 4) is 0 Å². The van der Waals surface area contributed by atoms with Crippen molar-refractivity contribution in [2.45, 2.75) is 43.2 Å². The Bertz CT molecular complexity index is 1240. The molecule has 1 atom stereocenters. The summed E-state index contributed by atoms with van der Waals surface area (Å²) in [6.07, 6.45) is -1.79. The van der Waals surface area contributed by atoms with Gasteiger partial charge >= 0.3 is 12.1 Å². The molecule has 2 aromatic rings. The fraction of sp³-hybridized carbons (Fsp3) is 0.483. The molecule has 2 heterocycles. The molecule has 1 N–H and O–H groups in total. The van der Waals surface area contributed by atoms with Gasteiger partial charge in [-0.25, -0.2) is 9.18 Å². The molecule has 1 spiro atoms. The van der Waals surface area contributed by atoms with Crippen LogP contribution in [0, 0.1) is 5.82 Å². The van der Waals surface area contributed by atoms with Crippen molar-refractivity contribution in [1.82, 2.24) is 14.7 Å². The van der Waals surface area contributed by atoms with Gasteiger partial charge in [-0.05, 0) is 67.0 Å². The maximum atomic E-state index is 13.6. The number of hydrogen-bond acceptors (Lipinski definition) is 4. The van der Waals surface area contributed by atoms with Gasteiger partial charge in [0.05, 0.1) is 0 Å². The number of piperazine rings is 1. The predicted molar refractivity (Wildman–Crippen MR) is 139 cm³/mol. The lowest BCUT2D eigenvalue weighted by Gasteiger charge is -2.40. The van der Waals surface area contributed by atoms with E-state index in [9.17, 15) is 27.2 Å². The topological polar surface area (TPSA) is 81.2 Å². The number of fused-ring (bicyclic) bond motifs is 2. The van der Waals surface area contributed by atoms with E-state index in [1.54, 1.807) is 12.1 Å². The molecule has 2 fully saturated rings. The molecule has 7 nitrogen and oxygen atoms in total. The van der Waals surface area contributed by atoms with E-state index in [2.05, 4.69) is 36.2 Å². The number of alkyl halides is 3. The molecule has 0 saturated carbocycles. The number of carboxylic acid groups (broad SMARTS) is 1. The average molecular weight is 564 g/mol. The number of rotatable bonds is 3. The van der Waals surface area contributed by atoms with Crippen molar-refractivity contribution in [1.29, 1.82) is 0 Å². The molecule has 5 rings (SSSR count). The van der Waals surface area contributed by atoms with Crippen LogP contribution in [0.2, 0.25) is 0 Å². The highest BCUT2D eigenvalue weighted by atomic mass is 19.4. The third kappa shape index (κ3) is 6.63. The molecule has 2 amide bonds. The molecule has 1 aliphatic carbocycles. The first-order valence-corrected chi connectivity index (χ1v) is 13.3. The summed E-state index contributed by atoms with van der Waals surface area (Å²) in [7, 11) is 2.10. The molecule has 0 bridgehead atoms. The van der Waals surface area contributed by atoms with Crippen molar-refractivity contribution < 1.29 is 37.1 Å². The van der Waals surface area contributed by atoms with Crippen LogP contribution in [0.5, 0.6) is 0 Å². The van der Waals surface area contributed by atoms with E-state index in [1.807, 2.05) is 9.80 Å². The number of nitrogens with zero attached hydrogens (tertiary/aromatic N) is 3. The second-order valence-corrected chi connectivity index (χ2v) is 10.8. The van der Waals surface area contributed by atoms with Crippen LogP contribution in [-0.4, -0.2) is 90.1 Å². The lowest BCUT2D eigenvalue weighted by Crippen LogP contribution is -2.47. The normalized spacial score (nSPS) is 20.5. The predicted octanol–water partition coefficient (Wildman–Crippen LogP) is 4.28. The molecule has 2 saturated heterocycles. The molecule has 0 radical (unpaired) electrons. The van der Waals surface area contributed by atoms with Gasteiger partial charge in [0, 0.05) is 51.3 Å². The highest BCUT2D eigenvalue weighted by molar-refractivity contribution is 5.94. The van der Waals surface area contributed by atoms with Crippen molar-refractivity contribution in [3.63, 3.8) is 0 Å². The van der Waals surface area contributed by atoms with Crippen molar-refractivity contribution in [2.75, 3.05) is 46.3 Å². The van der Waals surface area contributed by atoms with E-state index < -0.39 is 12.1 Å². The number of carboxylic acids is 1. The fourth-order valence-corrected chi connectivity index (χ4v) is 6.02. The van der Waals surface area contributed by atoms with Gasteiger partial charge in [0.1, 0.15) is 5.82 Å². The van der Waals surface area contributed by atoms with Crippen LogP contribution in [0.4, 0.5) is 17.6 Å². The first kappa shape index (κ1) is 29.5. The largest absolute Gasteiger partial charge is 0.490 e. The van der Waals surface area contributed by atoms with Crippen LogP contribution in [0.25, 0.3) is 0 Å². The number of halogens is 4. The number of amides is 2. The molecule has 0 aromatic heterocycles. The van der Waals surface area contributed by atoms with Gasteiger partial charge in [0.15, 0.2) is 0 Å². The Morgan fingerprint density at radius 1 is 0.925 bits per heavy atom. The van der Waals surface area contributed by atoms with Crippen LogP contribution < -0.4 is 0 Å². The lowest BCUT2D eigenvalue weighted by molar-refractivity contribution is -0.192. The summed E-state index contributed by atoms with van der Waals surface area (Å²) < 4.78 is 45.3. The maximum Gasteiger partial charge on any atom is 0.490 e. The SMILES string of the molecule is CN1CCN(C(=O)CC2CC3(CCN(C(=O)c4cccc(F)c4)CC3)c3ccccc32)CC1.O=C(O)C(F)(F)F. The summed E-state index contributed by atoms with van der Waals surface area (Å²) in [6.45, 7) is 4.81. The van der Waals surface area contributed by atoms with Crippen molar-refractivity contribution >= 4 is 17.8 Å². The summed E-state index contributed by atoms with van der Waals surface area (Å²) in [5.74, 6) is -2.74. The minimum Gasteiger partial charge on any atom is -0.475 e. The van der Waals surface area contributed by atoms with Gasteiger partial charge in [-0.3, -0.25) is 9.59 Å². The summed E-state index contributed by atoms with van der Waals surface area (Å²) in [6, 6.07) is 14.5. The molecular weight excluding hydrogens is 530 g/mol. The number of hydrogen-bond donors (Lipinski definition) is 1. The highest BCUT2D eigenvalue weighted by Crippen LogP contribution is 2.52. The second-order valence-electron chi connectivity index (χ2n) is 10.8. The first-order valence-electron chi connectivity index (χ1n) is 13.3. The Morgan fingerprint density at radius 3 is 2.15 bits per heavy atom. The zero-order valence-electron chi connectivity index (χ0n) is 22.3. The molecule has 40 heavy (non-hydrogen) atoms. The zero-order valence-corrected chi connectivity index (χ0v) is 22.3. The van der Waals surface area contributed by atoms with Crippen molar-refractivity contribution in [3.05, 3.63) is 71.0 Å². The summed E-state index contributed by atoms with van der Waals surface area (Å²) in [5.41, 5.74) is 3.10. The third-order valence-corrected chi connectivity index (χ3v) is 8.21. The first-order chi connectivity index (χ1) is 18.9. The lowest BCUT2D eigenvalue weighted by atomic mass is 9.73. The smallest absolute Gasteiger partial charge is 0.475 e. The van der Waals surface area contributed by atoms with E-state index >= 15 is 0 Å². The number of carbonyl (C=O) groups is 3. The Balaban J connectivity index is 0.000000470. The van der Waals surface area contributed by atoms with Gasteiger partial charge in [-0.2, -0.15) is 13.2 Å². The molecular formula is C29H33F4N3O4. The Hall–Kier alpha value is -3.47. The van der Waals surface area contributed by atoms with E-state index in [1.165, 1.54) is 23.3 Å². The van der Waals surface area contributed by atoms with Gasteiger partial charge in [-0.1, -0.05) is 30.3 Å². The van der Waals surface area contributed by atoms with E-state index in [0.717, 1.165) is 45.4 Å². The van der Waals surface area contributed by atoms with Crippen LogP contribution in [0.1, 0.15) is 53.1 Å². The summed E-state index contributed by atoms with van der Waals surface area (Å²) >= 11 is 0. The Kier molecular flexibility index (Phi) is 8.82. The van der Waals surface area contributed by atoms with Gasteiger partial charge in [-0.15, -0.1) is 0 Å². The molecule has 2 aromatic carbocycles. The Labute approximate surface area is 230 Å². The number of benzene rings is 2. The van der Waals surface area contributed by atoms with Gasteiger partial charge < -0.3 is 19.8 Å². The van der Waals surface area contributed by atoms with E-state index in [4.69, 9.17) is 9.90 Å². The molecule has 1 unspecified atom stereocenters. The maximum absolute atomic E-state index is 13.6. The third-order valence-electron chi connectivity index (χ3n) is 8.21. The van der Waals surface area contributed by atoms with E-state index in [-0.39, 0.29) is 29.0 Å². The monoisotopic (exact) mass is 563 g/mol. The van der Waals surface area contributed by atoms with Gasteiger partial charge in [0.25, 0.3) is 5.91 Å². The van der Waals surface area contributed by atoms with Crippen molar-refractivity contribution in [2.24, 2.45) is 0 Å². The van der Waals surface area contributed by atoms with Crippen LogP contribution >= 0.6 is 0 Å². The zero-order chi connectivity index (χ0) is 29.1.